The van der Waals surface area contributed by atoms with E-state index >= 15 is 0 Å². The number of methoxy groups -OCH3 is 4. The third-order valence-electron chi connectivity index (χ3n) is 11.4. The van der Waals surface area contributed by atoms with Gasteiger partial charge in [0, 0.05) is 10.8 Å². The molecule has 0 amide bonds. The first-order valence-corrected chi connectivity index (χ1v) is 27.8. The Kier molecular flexibility index (Phi) is 44.6. The van der Waals surface area contributed by atoms with Crippen molar-refractivity contribution < 1.29 is 18.9 Å². The topological polar surface area (TPSA) is 36.9 Å². The SMILES string of the molecule is CC.CC.CC.CC.CC.COc1ccc(C(C)(C)c2ccc(OC)c(C)c2)cc1C.COc1ccc(C(C)(C)c2ccc(OC)c(C)c2)cc1C.Cc1ccccc1.c1ccccc1.c1ccccc1.c1ccccc1. The van der Waals surface area contributed by atoms with Crippen LogP contribution in [-0.4, -0.2) is 28.4 Å². The van der Waals surface area contributed by atoms with Crippen LogP contribution in [0.3, 0.4) is 0 Å². The van der Waals surface area contributed by atoms with Crippen LogP contribution >= 0.6 is 0 Å². The molecule has 0 N–H and O–H groups in total. The average Bonchev–Trinajstić information content (AvgIpc) is 3.50. The second kappa shape index (κ2) is 46.3. The summed E-state index contributed by atoms with van der Waals surface area (Å²) in [7, 11) is 6.83. The minimum Gasteiger partial charge on any atom is -0.496 e. The number of aryl methyl sites for hydroxylation is 5. The van der Waals surface area contributed by atoms with Gasteiger partial charge >= 0.3 is 0 Å². The van der Waals surface area contributed by atoms with E-state index in [4.69, 9.17) is 18.9 Å². The molecule has 0 aliphatic carbocycles. The summed E-state index contributed by atoms with van der Waals surface area (Å²) in [6.45, 7) is 39.4. The van der Waals surface area contributed by atoms with E-state index in [1.54, 1.807) is 28.4 Å². The molecule has 0 spiro atoms. The van der Waals surface area contributed by atoms with Crippen LogP contribution in [0.15, 0.2) is 212 Å². The van der Waals surface area contributed by atoms with Crippen molar-refractivity contribution >= 4 is 0 Å². The van der Waals surface area contributed by atoms with E-state index in [0.29, 0.717) is 0 Å². The Bertz CT molecular complexity index is 2170. The summed E-state index contributed by atoms with van der Waals surface area (Å²) in [4.78, 5) is 0. The molecule has 4 heteroatoms. The molecule has 0 fully saturated rings. The van der Waals surface area contributed by atoms with Gasteiger partial charge in [0.05, 0.1) is 28.4 Å². The molecule has 4 nitrogen and oxygen atoms in total. The number of hydrogen-bond acceptors (Lipinski definition) is 4. The fourth-order valence-corrected chi connectivity index (χ4v) is 7.09. The van der Waals surface area contributed by atoms with Crippen molar-refractivity contribution in [3.63, 3.8) is 0 Å². The van der Waals surface area contributed by atoms with Gasteiger partial charge in [-0.05, 0) is 103 Å². The van der Waals surface area contributed by atoms with Gasteiger partial charge in [0.15, 0.2) is 0 Å². The smallest absolute Gasteiger partial charge is 0.121 e. The number of benzene rings is 8. The zero-order chi connectivity index (χ0) is 59.1. The number of hydrogen-bond donors (Lipinski definition) is 0. The Labute approximate surface area is 472 Å². The van der Waals surface area contributed by atoms with E-state index in [2.05, 4.69) is 123 Å². The van der Waals surface area contributed by atoms with Crippen molar-refractivity contribution in [2.45, 2.75) is 142 Å². The number of rotatable bonds is 8. The molecule has 8 rings (SSSR count). The normalized spacial score (nSPS) is 9.23. The van der Waals surface area contributed by atoms with Crippen LogP contribution in [0.2, 0.25) is 0 Å². The van der Waals surface area contributed by atoms with E-state index in [-0.39, 0.29) is 10.8 Å². The maximum atomic E-state index is 5.35. The van der Waals surface area contributed by atoms with Crippen LogP contribution in [0.25, 0.3) is 0 Å². The molecule has 0 heterocycles. The molecule has 8 aromatic carbocycles. The lowest BCUT2D eigenvalue weighted by molar-refractivity contribution is 0.410. The highest BCUT2D eigenvalue weighted by Crippen LogP contribution is 2.37. The molecule has 0 atom stereocenters. The fourth-order valence-electron chi connectivity index (χ4n) is 7.09. The largest absolute Gasteiger partial charge is 0.496 e. The van der Waals surface area contributed by atoms with E-state index in [1.165, 1.54) is 27.8 Å². The molecule has 0 bridgehead atoms. The van der Waals surface area contributed by atoms with Gasteiger partial charge in [-0.25, -0.2) is 0 Å². The zero-order valence-corrected chi connectivity index (χ0v) is 52.3. The summed E-state index contributed by atoms with van der Waals surface area (Å²) < 4.78 is 21.4. The van der Waals surface area contributed by atoms with Gasteiger partial charge in [0.1, 0.15) is 23.0 Å². The Morgan fingerprint density at radius 1 is 0.234 bits per heavy atom. The summed E-state index contributed by atoms with van der Waals surface area (Å²) in [6.07, 6.45) is 0. The van der Waals surface area contributed by atoms with E-state index < -0.39 is 0 Å². The van der Waals surface area contributed by atoms with Gasteiger partial charge < -0.3 is 18.9 Å². The van der Waals surface area contributed by atoms with Crippen LogP contribution in [0, 0.1) is 34.6 Å². The summed E-state index contributed by atoms with van der Waals surface area (Å²) in [5.74, 6) is 3.72. The summed E-state index contributed by atoms with van der Waals surface area (Å²) in [5.41, 5.74) is 11.0. The Hall–Kier alpha value is -7.04. The van der Waals surface area contributed by atoms with Crippen LogP contribution in [-0.2, 0) is 10.8 Å². The van der Waals surface area contributed by atoms with E-state index in [9.17, 15) is 0 Å². The molecular formula is C73H104O4. The van der Waals surface area contributed by atoms with Gasteiger partial charge in [-0.1, -0.05) is 291 Å². The van der Waals surface area contributed by atoms with Gasteiger partial charge in [0.25, 0.3) is 0 Å². The van der Waals surface area contributed by atoms with Crippen LogP contribution in [0.1, 0.15) is 147 Å². The molecule has 0 radical (unpaired) electrons. The monoisotopic (exact) mass is 1040 g/mol. The van der Waals surface area contributed by atoms with Crippen molar-refractivity contribution in [1.82, 2.24) is 0 Å². The second-order valence-electron chi connectivity index (χ2n) is 17.1. The second-order valence-corrected chi connectivity index (χ2v) is 17.1. The standard InChI is InChI=1S/2C19H24O2.C7H8.3C6H6.5C2H6/c2*1-13-11-15(7-9-17(13)20-5)19(3,4)16-8-10-18(21-6)14(2)12-16;1-7-5-3-2-4-6-7;3*1-2-4-6-5-3-1;5*1-2/h2*7-12H,1-6H3;2-6H,1H3;3*1-6H;5*1-2H3. The van der Waals surface area contributed by atoms with Crippen molar-refractivity contribution in [2.75, 3.05) is 28.4 Å². The molecule has 0 saturated heterocycles. The minimum absolute atomic E-state index is 0.0614. The Balaban J connectivity index is -0.000000892. The molecule has 420 valence electrons. The van der Waals surface area contributed by atoms with Crippen LogP contribution in [0.5, 0.6) is 23.0 Å². The molecule has 0 aliphatic heterocycles. The molecule has 0 aliphatic rings. The zero-order valence-electron chi connectivity index (χ0n) is 52.3. The van der Waals surface area contributed by atoms with E-state index in [0.717, 1.165) is 45.3 Å². The third-order valence-corrected chi connectivity index (χ3v) is 11.4. The predicted octanol–water partition coefficient (Wildman–Crippen LogP) is 21.5. The maximum absolute atomic E-state index is 5.35. The fraction of sp³-hybridized carbons (Fsp3) is 0.342. The van der Waals surface area contributed by atoms with Crippen molar-refractivity contribution in [3.05, 3.63) is 262 Å². The highest BCUT2D eigenvalue weighted by molar-refractivity contribution is 5.48. The van der Waals surface area contributed by atoms with Gasteiger partial charge in [-0.15, -0.1) is 0 Å². The third kappa shape index (κ3) is 29.2. The van der Waals surface area contributed by atoms with Crippen LogP contribution in [0.4, 0.5) is 0 Å². The minimum atomic E-state index is -0.0614. The van der Waals surface area contributed by atoms with Gasteiger partial charge in [-0.2, -0.15) is 0 Å². The molecule has 8 aromatic rings. The number of ether oxygens (including phenoxy) is 4. The predicted molar refractivity (Wildman–Crippen MR) is 342 cm³/mol. The molecular weight excluding hydrogens is 941 g/mol. The quantitative estimate of drug-likeness (QED) is 0.152. The lowest BCUT2D eigenvalue weighted by atomic mass is 9.77. The highest BCUT2D eigenvalue weighted by atomic mass is 16.5. The Morgan fingerprint density at radius 3 is 0.506 bits per heavy atom. The summed E-state index contributed by atoms with van der Waals surface area (Å²) in [5, 5.41) is 0. The molecule has 0 saturated carbocycles. The van der Waals surface area contributed by atoms with Crippen molar-refractivity contribution in [2.24, 2.45) is 0 Å². The first kappa shape index (κ1) is 74.2. The summed E-state index contributed by atoms with van der Waals surface area (Å²) in [6, 6.07) is 71.8. The first-order valence-electron chi connectivity index (χ1n) is 27.8. The lowest BCUT2D eigenvalue weighted by Gasteiger charge is -2.27. The lowest BCUT2D eigenvalue weighted by Crippen LogP contribution is -2.19. The van der Waals surface area contributed by atoms with Crippen molar-refractivity contribution in [1.29, 1.82) is 0 Å². The van der Waals surface area contributed by atoms with Gasteiger partial charge in [0.2, 0.25) is 0 Å². The molecule has 0 unspecified atom stereocenters. The van der Waals surface area contributed by atoms with E-state index in [1.807, 2.05) is 221 Å². The maximum Gasteiger partial charge on any atom is 0.121 e. The van der Waals surface area contributed by atoms with Crippen LogP contribution < -0.4 is 18.9 Å². The first-order chi connectivity index (χ1) is 37.2. The molecule has 0 aromatic heterocycles. The molecule has 77 heavy (non-hydrogen) atoms. The highest BCUT2D eigenvalue weighted by Gasteiger charge is 2.25. The Morgan fingerprint density at radius 2 is 0.390 bits per heavy atom. The van der Waals surface area contributed by atoms with Gasteiger partial charge in [-0.3, -0.25) is 0 Å². The summed E-state index contributed by atoms with van der Waals surface area (Å²) >= 11 is 0. The van der Waals surface area contributed by atoms with Crippen molar-refractivity contribution in [3.8, 4) is 23.0 Å². The average molecular weight is 1050 g/mol.